The van der Waals surface area contributed by atoms with E-state index >= 15 is 0 Å². The van der Waals surface area contributed by atoms with Gasteiger partial charge >= 0.3 is 5.97 Å². The van der Waals surface area contributed by atoms with Crippen LogP contribution in [0.1, 0.15) is 70.8 Å². The van der Waals surface area contributed by atoms with Crippen LogP contribution < -0.4 is 11.0 Å². The van der Waals surface area contributed by atoms with E-state index in [0.29, 0.717) is 18.1 Å². The van der Waals surface area contributed by atoms with Gasteiger partial charge in [0.05, 0.1) is 0 Å². The largest absolute Gasteiger partial charge is 0.481 e. The molecule has 0 saturated heterocycles. The first kappa shape index (κ1) is 26.9. The van der Waals surface area contributed by atoms with Gasteiger partial charge in [0.15, 0.2) is 5.75 Å². The third-order valence-corrected chi connectivity index (χ3v) is 3.15. The van der Waals surface area contributed by atoms with Gasteiger partial charge in [-0.1, -0.05) is 58.6 Å². The van der Waals surface area contributed by atoms with E-state index < -0.39 is 5.97 Å². The molecule has 0 aliphatic carbocycles. The molecule has 130 valence electrons. The average molecular weight is 379 g/mol. The number of hydrogen-bond donors (Lipinski definition) is 3. The summed E-state index contributed by atoms with van der Waals surface area (Å²) in [6, 6.07) is 7.37. The second-order valence-corrected chi connectivity index (χ2v) is 5.37. The summed E-state index contributed by atoms with van der Waals surface area (Å²) in [6.45, 7) is 6.39. The van der Waals surface area contributed by atoms with Crippen molar-refractivity contribution in [3.05, 3.63) is 29.8 Å². The second kappa shape index (κ2) is 17.4. The molecular weight excluding hydrogens is 348 g/mol. The van der Waals surface area contributed by atoms with Gasteiger partial charge in [-0.05, 0) is 30.0 Å². The molecule has 0 bridgehead atoms. The van der Waals surface area contributed by atoms with Crippen LogP contribution in [0.2, 0.25) is 0 Å². The van der Waals surface area contributed by atoms with Gasteiger partial charge in [-0.3, -0.25) is 4.79 Å². The number of unbranched alkanes of at least 4 members (excludes halogenated alkanes) is 4. The molecule has 0 aliphatic rings. The quantitative estimate of drug-likeness (QED) is 0.248. The van der Waals surface area contributed by atoms with Gasteiger partial charge in [0.1, 0.15) is 0 Å². The van der Waals surface area contributed by atoms with Crippen molar-refractivity contribution in [1.82, 2.24) is 6.15 Å². The summed E-state index contributed by atoms with van der Waals surface area (Å²) in [7, 11) is 0. The SMILES string of the molecule is CC(C)c1ccc(OO)cc1.CCCCCCCC(=O)O.N.[Zn]. The van der Waals surface area contributed by atoms with Crippen molar-refractivity contribution in [2.24, 2.45) is 0 Å². The predicted molar refractivity (Wildman–Crippen MR) is 89.8 cm³/mol. The zero-order valence-electron chi connectivity index (χ0n) is 14.8. The van der Waals surface area contributed by atoms with Crippen molar-refractivity contribution in [1.29, 1.82) is 0 Å². The summed E-state index contributed by atoms with van der Waals surface area (Å²) >= 11 is 0. The minimum absolute atomic E-state index is 0. The smallest absolute Gasteiger partial charge is 0.303 e. The number of carboxylic acid groups (broad SMARTS) is 1. The molecule has 0 saturated carbocycles. The van der Waals surface area contributed by atoms with Gasteiger partial charge in [-0.15, -0.1) is 0 Å². The van der Waals surface area contributed by atoms with E-state index in [1.54, 1.807) is 12.1 Å². The molecule has 5 nitrogen and oxygen atoms in total. The maximum absolute atomic E-state index is 10.0. The first-order valence-corrected chi connectivity index (χ1v) is 7.64. The van der Waals surface area contributed by atoms with E-state index in [0.717, 1.165) is 12.8 Å². The normalized spacial score (nSPS) is 9.09. The maximum Gasteiger partial charge on any atom is 0.303 e. The van der Waals surface area contributed by atoms with Crippen molar-refractivity contribution < 1.29 is 39.5 Å². The Labute approximate surface area is 152 Å². The van der Waals surface area contributed by atoms with Gasteiger partial charge in [-0.2, -0.15) is 0 Å². The monoisotopic (exact) mass is 377 g/mol. The molecule has 0 radical (unpaired) electrons. The zero-order chi connectivity index (χ0) is 16.1. The molecular formula is C17H31NO4Zn. The van der Waals surface area contributed by atoms with Gasteiger partial charge in [-0.25, -0.2) is 5.26 Å². The van der Waals surface area contributed by atoms with Crippen molar-refractivity contribution in [3.63, 3.8) is 0 Å². The summed E-state index contributed by atoms with van der Waals surface area (Å²) in [5.74, 6) is 0.327. The molecule has 0 heterocycles. The van der Waals surface area contributed by atoms with Crippen LogP contribution >= 0.6 is 0 Å². The van der Waals surface area contributed by atoms with Gasteiger partial charge in [0.2, 0.25) is 0 Å². The fourth-order valence-corrected chi connectivity index (χ4v) is 1.79. The molecule has 0 spiro atoms. The van der Waals surface area contributed by atoms with Crippen LogP contribution in [0, 0.1) is 0 Å². The van der Waals surface area contributed by atoms with Crippen molar-refractivity contribution >= 4 is 5.97 Å². The van der Waals surface area contributed by atoms with Crippen LogP contribution in [0.3, 0.4) is 0 Å². The Kier molecular flexibility index (Phi) is 20.3. The van der Waals surface area contributed by atoms with Crippen LogP contribution in [0.15, 0.2) is 24.3 Å². The Morgan fingerprint density at radius 3 is 2.00 bits per heavy atom. The summed E-state index contributed by atoms with van der Waals surface area (Å²) in [4.78, 5) is 14.1. The molecule has 6 heteroatoms. The number of hydrogen-bond acceptors (Lipinski definition) is 4. The number of aliphatic carboxylic acids is 1. The molecule has 5 N–H and O–H groups in total. The molecule has 0 atom stereocenters. The van der Waals surface area contributed by atoms with Crippen LogP contribution in [-0.2, 0) is 24.3 Å². The summed E-state index contributed by atoms with van der Waals surface area (Å²) in [5.41, 5.74) is 1.24. The Bertz CT molecular complexity index is 383. The molecule has 23 heavy (non-hydrogen) atoms. The van der Waals surface area contributed by atoms with E-state index in [2.05, 4.69) is 25.7 Å². The van der Waals surface area contributed by atoms with E-state index in [9.17, 15) is 4.79 Å². The Hall–Kier alpha value is -0.967. The number of rotatable bonds is 8. The fraction of sp³-hybridized carbons (Fsp3) is 0.588. The summed E-state index contributed by atoms with van der Waals surface area (Å²) < 4.78 is 0. The third-order valence-electron chi connectivity index (χ3n) is 3.15. The van der Waals surface area contributed by atoms with E-state index in [-0.39, 0.29) is 25.6 Å². The molecule has 0 unspecified atom stereocenters. The Morgan fingerprint density at radius 2 is 1.61 bits per heavy atom. The average Bonchev–Trinajstić information content (AvgIpc) is 2.47. The molecule has 0 amide bonds. The topological polar surface area (TPSA) is 102 Å². The molecule has 0 aliphatic heterocycles. The van der Waals surface area contributed by atoms with Crippen LogP contribution in [0.25, 0.3) is 0 Å². The first-order chi connectivity index (χ1) is 10.0. The standard InChI is InChI=1S/C9H12O2.C8H16O2.H3N.Zn/c1-7(2)8-3-5-9(11-10)6-4-8;1-2-3-4-5-6-7-8(9)10;;/h3-7,10H,1-2H3;2-7H2,1H3,(H,9,10);1H3;. The molecule has 0 aromatic heterocycles. The second-order valence-electron chi connectivity index (χ2n) is 5.37. The van der Waals surface area contributed by atoms with Crippen molar-refractivity contribution in [3.8, 4) is 5.75 Å². The van der Waals surface area contributed by atoms with Gasteiger partial charge < -0.3 is 16.1 Å². The minimum Gasteiger partial charge on any atom is -0.481 e. The van der Waals surface area contributed by atoms with Crippen molar-refractivity contribution in [2.75, 3.05) is 0 Å². The molecule has 1 aromatic rings. The summed E-state index contributed by atoms with van der Waals surface area (Å²) in [5, 5.41) is 16.5. The van der Waals surface area contributed by atoms with E-state index in [1.165, 1.54) is 24.8 Å². The van der Waals surface area contributed by atoms with Crippen LogP contribution in [-0.4, -0.2) is 16.3 Å². The van der Waals surface area contributed by atoms with Crippen molar-refractivity contribution in [2.45, 2.75) is 65.2 Å². The van der Waals surface area contributed by atoms with Crippen LogP contribution in [0.5, 0.6) is 5.75 Å². The van der Waals surface area contributed by atoms with Crippen LogP contribution in [0.4, 0.5) is 0 Å². The first-order valence-electron chi connectivity index (χ1n) is 7.64. The third kappa shape index (κ3) is 15.7. The van der Waals surface area contributed by atoms with E-state index in [1.807, 2.05) is 12.1 Å². The minimum atomic E-state index is -0.670. The predicted octanol–water partition coefficient (Wildman–Crippen LogP) is 5.25. The molecule has 1 aromatic carbocycles. The zero-order valence-corrected chi connectivity index (χ0v) is 17.7. The van der Waals surface area contributed by atoms with Gasteiger partial charge in [0.25, 0.3) is 0 Å². The number of carboxylic acids is 1. The molecule has 0 fully saturated rings. The number of carbonyl (C=O) groups is 1. The molecule has 1 rings (SSSR count). The Balaban J connectivity index is -0.000000322. The summed E-state index contributed by atoms with van der Waals surface area (Å²) in [6.07, 6.45) is 5.88. The Morgan fingerprint density at radius 1 is 1.09 bits per heavy atom. The number of benzene rings is 1. The fourth-order valence-electron chi connectivity index (χ4n) is 1.79. The van der Waals surface area contributed by atoms with E-state index in [4.69, 9.17) is 10.4 Å². The van der Waals surface area contributed by atoms with Gasteiger partial charge in [0, 0.05) is 25.9 Å². The maximum atomic E-state index is 10.0.